The SMILES string of the molecule is O=C(c1ccc[nH]1)N1CCC[C@@]2(C[C@H](Nc3nccs3)CO2)C1. The van der Waals surface area contributed by atoms with Crippen LogP contribution in [0, 0.1) is 0 Å². The summed E-state index contributed by atoms with van der Waals surface area (Å²) in [5.74, 6) is 0.0639. The number of carbonyl (C=O) groups excluding carboxylic acids is 1. The van der Waals surface area contributed by atoms with Crippen LogP contribution in [0.3, 0.4) is 0 Å². The number of rotatable bonds is 3. The van der Waals surface area contributed by atoms with E-state index in [4.69, 9.17) is 4.74 Å². The van der Waals surface area contributed by atoms with E-state index in [9.17, 15) is 4.79 Å². The van der Waals surface area contributed by atoms with Crippen LogP contribution >= 0.6 is 11.3 Å². The quantitative estimate of drug-likeness (QED) is 0.905. The van der Waals surface area contributed by atoms with Crippen molar-refractivity contribution in [3.8, 4) is 0 Å². The first kappa shape index (κ1) is 14.7. The van der Waals surface area contributed by atoms with Crippen molar-refractivity contribution in [3.63, 3.8) is 0 Å². The standard InChI is InChI=1S/C16H20N4O2S/c21-14(13-3-1-5-17-13)20-7-2-4-16(11-20)9-12(10-22-16)19-15-18-6-8-23-15/h1,3,5-6,8,12,17H,2,4,7,9-11H2,(H,18,19)/t12-,16+/m0/s1. The highest BCUT2D eigenvalue weighted by molar-refractivity contribution is 7.13. The number of thiazole rings is 1. The summed E-state index contributed by atoms with van der Waals surface area (Å²) in [6, 6.07) is 3.94. The summed E-state index contributed by atoms with van der Waals surface area (Å²) in [5.41, 5.74) is 0.438. The van der Waals surface area contributed by atoms with Gasteiger partial charge >= 0.3 is 0 Å². The molecule has 0 unspecified atom stereocenters. The maximum atomic E-state index is 12.6. The number of H-pyrrole nitrogens is 1. The van der Waals surface area contributed by atoms with Crippen molar-refractivity contribution in [1.29, 1.82) is 0 Å². The molecule has 23 heavy (non-hydrogen) atoms. The molecule has 6 nitrogen and oxygen atoms in total. The van der Waals surface area contributed by atoms with Crippen molar-refractivity contribution >= 4 is 22.4 Å². The molecule has 4 heterocycles. The van der Waals surface area contributed by atoms with Crippen LogP contribution in [0.15, 0.2) is 29.9 Å². The average Bonchev–Trinajstić information content (AvgIpc) is 3.30. The van der Waals surface area contributed by atoms with Gasteiger partial charge in [0, 0.05) is 30.7 Å². The van der Waals surface area contributed by atoms with E-state index in [2.05, 4.69) is 15.3 Å². The Kier molecular flexibility index (Phi) is 3.82. The molecule has 0 aromatic carbocycles. The summed E-state index contributed by atoms with van der Waals surface area (Å²) in [6.07, 6.45) is 6.50. The van der Waals surface area contributed by atoms with Gasteiger partial charge in [-0.15, -0.1) is 11.3 Å². The zero-order chi connectivity index (χ0) is 15.7. The van der Waals surface area contributed by atoms with Crippen LogP contribution in [0.2, 0.25) is 0 Å². The zero-order valence-electron chi connectivity index (χ0n) is 12.8. The fourth-order valence-corrected chi connectivity index (χ4v) is 4.20. The molecule has 2 atom stereocenters. The van der Waals surface area contributed by atoms with E-state index in [1.54, 1.807) is 23.7 Å². The molecule has 2 N–H and O–H groups in total. The molecule has 2 fully saturated rings. The molecule has 1 amide bonds. The van der Waals surface area contributed by atoms with Crippen LogP contribution in [0.4, 0.5) is 5.13 Å². The first-order valence-electron chi connectivity index (χ1n) is 7.97. The maximum Gasteiger partial charge on any atom is 0.270 e. The highest BCUT2D eigenvalue weighted by Gasteiger charge is 2.44. The van der Waals surface area contributed by atoms with Gasteiger partial charge in [0.2, 0.25) is 0 Å². The molecule has 2 aromatic heterocycles. The summed E-state index contributed by atoms with van der Waals surface area (Å²) < 4.78 is 6.15. The Morgan fingerprint density at radius 2 is 2.52 bits per heavy atom. The Labute approximate surface area is 138 Å². The van der Waals surface area contributed by atoms with Crippen LogP contribution in [-0.4, -0.2) is 52.1 Å². The van der Waals surface area contributed by atoms with Gasteiger partial charge in [-0.3, -0.25) is 4.79 Å². The van der Waals surface area contributed by atoms with Gasteiger partial charge in [0.1, 0.15) is 5.69 Å². The number of nitrogens with one attached hydrogen (secondary N) is 2. The Balaban J connectivity index is 1.42. The Hall–Kier alpha value is -1.86. The number of amides is 1. The second kappa shape index (κ2) is 5.98. The first-order valence-corrected chi connectivity index (χ1v) is 8.85. The Morgan fingerprint density at radius 1 is 1.57 bits per heavy atom. The highest BCUT2D eigenvalue weighted by atomic mass is 32.1. The number of hydrogen-bond donors (Lipinski definition) is 2. The number of aromatic amines is 1. The van der Waals surface area contributed by atoms with Crippen molar-refractivity contribution in [1.82, 2.24) is 14.9 Å². The van der Waals surface area contributed by atoms with Crippen LogP contribution < -0.4 is 5.32 Å². The van der Waals surface area contributed by atoms with E-state index in [1.165, 1.54) is 0 Å². The second-order valence-electron chi connectivity index (χ2n) is 6.29. The molecular formula is C16H20N4O2S. The van der Waals surface area contributed by atoms with Crippen LogP contribution in [-0.2, 0) is 4.74 Å². The predicted octanol–water partition coefficient (Wildman–Crippen LogP) is 2.35. The third-order valence-electron chi connectivity index (χ3n) is 4.62. The maximum absolute atomic E-state index is 12.6. The Morgan fingerprint density at radius 3 is 3.30 bits per heavy atom. The second-order valence-corrected chi connectivity index (χ2v) is 7.19. The molecule has 4 rings (SSSR count). The molecule has 0 aliphatic carbocycles. The number of likely N-dealkylation sites (tertiary alicyclic amines) is 1. The van der Waals surface area contributed by atoms with Crippen molar-refractivity contribution < 1.29 is 9.53 Å². The van der Waals surface area contributed by atoms with Crippen molar-refractivity contribution in [3.05, 3.63) is 35.6 Å². The number of anilines is 1. The number of piperidine rings is 1. The number of carbonyl (C=O) groups is 1. The van der Waals surface area contributed by atoms with Crippen molar-refractivity contribution in [2.45, 2.75) is 30.9 Å². The molecule has 2 aromatic rings. The van der Waals surface area contributed by atoms with Gasteiger partial charge in [-0.1, -0.05) is 0 Å². The summed E-state index contributed by atoms with van der Waals surface area (Å²) >= 11 is 1.60. The molecule has 2 aliphatic rings. The van der Waals surface area contributed by atoms with Gasteiger partial charge in [0.25, 0.3) is 5.91 Å². The minimum Gasteiger partial charge on any atom is -0.371 e. The van der Waals surface area contributed by atoms with E-state index < -0.39 is 0 Å². The van der Waals surface area contributed by atoms with Gasteiger partial charge in [-0.2, -0.15) is 0 Å². The molecule has 122 valence electrons. The van der Waals surface area contributed by atoms with Crippen molar-refractivity contribution in [2.75, 3.05) is 25.0 Å². The normalized spacial score (nSPS) is 27.5. The number of nitrogens with zero attached hydrogens (tertiary/aromatic N) is 2. The molecule has 2 saturated heterocycles. The Bertz CT molecular complexity index is 658. The lowest BCUT2D eigenvalue weighted by Gasteiger charge is -2.39. The number of ether oxygens (including phenoxy) is 1. The van der Waals surface area contributed by atoms with Gasteiger partial charge in [0.05, 0.1) is 24.8 Å². The molecule has 0 radical (unpaired) electrons. The topological polar surface area (TPSA) is 70.2 Å². The molecular weight excluding hydrogens is 312 g/mol. The minimum absolute atomic E-state index is 0.0639. The first-order chi connectivity index (χ1) is 11.2. The largest absolute Gasteiger partial charge is 0.371 e. The van der Waals surface area contributed by atoms with Crippen LogP contribution in [0.1, 0.15) is 29.8 Å². The summed E-state index contributed by atoms with van der Waals surface area (Å²) in [6.45, 7) is 2.14. The monoisotopic (exact) mass is 332 g/mol. The molecule has 0 bridgehead atoms. The third kappa shape index (κ3) is 2.98. The van der Waals surface area contributed by atoms with E-state index in [1.807, 2.05) is 22.4 Å². The summed E-state index contributed by atoms with van der Waals surface area (Å²) in [4.78, 5) is 21.7. The van der Waals surface area contributed by atoms with Gasteiger partial charge < -0.3 is 19.9 Å². The van der Waals surface area contributed by atoms with Gasteiger partial charge in [-0.25, -0.2) is 4.98 Å². The van der Waals surface area contributed by atoms with Gasteiger partial charge in [0.15, 0.2) is 5.13 Å². The fourth-order valence-electron chi connectivity index (χ4n) is 3.60. The van der Waals surface area contributed by atoms with Gasteiger partial charge in [-0.05, 0) is 25.0 Å². The minimum atomic E-state index is -0.213. The average molecular weight is 332 g/mol. The number of hydrogen-bond acceptors (Lipinski definition) is 5. The molecule has 0 saturated carbocycles. The van der Waals surface area contributed by atoms with Crippen molar-refractivity contribution in [2.24, 2.45) is 0 Å². The lowest BCUT2D eigenvalue weighted by molar-refractivity contribution is -0.0448. The smallest absolute Gasteiger partial charge is 0.270 e. The zero-order valence-corrected chi connectivity index (χ0v) is 13.6. The van der Waals surface area contributed by atoms with E-state index in [-0.39, 0.29) is 17.6 Å². The van der Waals surface area contributed by atoms with E-state index in [0.29, 0.717) is 18.8 Å². The third-order valence-corrected chi connectivity index (χ3v) is 5.33. The summed E-state index contributed by atoms with van der Waals surface area (Å²) in [5, 5.41) is 6.34. The summed E-state index contributed by atoms with van der Waals surface area (Å²) in [7, 11) is 0. The highest BCUT2D eigenvalue weighted by Crippen LogP contribution is 2.36. The lowest BCUT2D eigenvalue weighted by Crippen LogP contribution is -2.50. The van der Waals surface area contributed by atoms with Crippen LogP contribution in [0.25, 0.3) is 0 Å². The fraction of sp³-hybridized carbons (Fsp3) is 0.500. The van der Waals surface area contributed by atoms with E-state index in [0.717, 1.165) is 30.9 Å². The van der Waals surface area contributed by atoms with Crippen LogP contribution in [0.5, 0.6) is 0 Å². The molecule has 7 heteroatoms. The predicted molar refractivity (Wildman–Crippen MR) is 88.8 cm³/mol. The number of aromatic nitrogens is 2. The van der Waals surface area contributed by atoms with E-state index >= 15 is 0 Å². The molecule has 1 spiro atoms. The lowest BCUT2D eigenvalue weighted by atomic mass is 9.88. The molecule has 2 aliphatic heterocycles.